The van der Waals surface area contributed by atoms with Gasteiger partial charge in [0, 0.05) is 11.0 Å². The first-order chi connectivity index (χ1) is 6.84. The van der Waals surface area contributed by atoms with Gasteiger partial charge in [0.1, 0.15) is 0 Å². The van der Waals surface area contributed by atoms with Crippen LogP contribution in [0.3, 0.4) is 0 Å². The topological polar surface area (TPSA) is 12.0 Å². The normalized spacial score (nSPS) is 16.5. The van der Waals surface area contributed by atoms with Crippen LogP contribution in [-0.4, -0.2) is 13.1 Å². The number of hydrogen-bond acceptors (Lipinski definition) is 1. The molecule has 1 N–H and O–H groups in total. The molecule has 1 aliphatic heterocycles. The van der Waals surface area contributed by atoms with Crippen molar-refractivity contribution in [3.8, 4) is 0 Å². The summed E-state index contributed by atoms with van der Waals surface area (Å²) in [6, 6.07) is 8.57. The van der Waals surface area contributed by atoms with E-state index in [9.17, 15) is 0 Å². The molecule has 0 spiro atoms. The molecule has 0 aliphatic carbocycles. The maximum Gasteiger partial charge on any atom is 0.0175 e. The Morgan fingerprint density at radius 1 is 1.21 bits per heavy atom. The Balaban J connectivity index is 2.03. The molecule has 2 rings (SSSR count). The fraction of sp³-hybridized carbons (Fsp3) is 0.333. The monoisotopic (exact) mass is 251 g/mol. The van der Waals surface area contributed by atoms with Crippen molar-refractivity contribution in [2.24, 2.45) is 0 Å². The highest BCUT2D eigenvalue weighted by molar-refractivity contribution is 9.10. The average Bonchev–Trinajstić information content (AvgIpc) is 2.23. The molecule has 14 heavy (non-hydrogen) atoms. The maximum absolute atomic E-state index is 3.44. The molecule has 0 radical (unpaired) electrons. The molecular weight excluding hydrogens is 238 g/mol. The highest BCUT2D eigenvalue weighted by atomic mass is 79.9. The standard InChI is InChI=1S/C12H14BrN/c13-12-5-3-10(4-6-12)8-11-2-1-7-14-9-11/h2-6,14H,1,7-9H2. The largest absolute Gasteiger partial charge is 0.313 e. The highest BCUT2D eigenvalue weighted by Crippen LogP contribution is 2.14. The summed E-state index contributed by atoms with van der Waals surface area (Å²) < 4.78 is 1.15. The lowest BCUT2D eigenvalue weighted by molar-refractivity contribution is 0.691. The molecule has 1 aliphatic rings. The van der Waals surface area contributed by atoms with Gasteiger partial charge in [0.05, 0.1) is 0 Å². The molecule has 0 fully saturated rings. The van der Waals surface area contributed by atoms with Crippen molar-refractivity contribution >= 4 is 15.9 Å². The van der Waals surface area contributed by atoms with Gasteiger partial charge in [-0.1, -0.05) is 39.7 Å². The third kappa shape index (κ3) is 2.69. The van der Waals surface area contributed by atoms with E-state index in [1.807, 2.05) is 0 Å². The van der Waals surface area contributed by atoms with Gasteiger partial charge < -0.3 is 5.32 Å². The van der Waals surface area contributed by atoms with E-state index in [1.165, 1.54) is 17.6 Å². The van der Waals surface area contributed by atoms with E-state index in [0.717, 1.165) is 24.0 Å². The van der Waals surface area contributed by atoms with E-state index in [1.54, 1.807) is 0 Å². The van der Waals surface area contributed by atoms with Gasteiger partial charge in [0.2, 0.25) is 0 Å². The van der Waals surface area contributed by atoms with Crippen molar-refractivity contribution in [1.29, 1.82) is 0 Å². The summed E-state index contributed by atoms with van der Waals surface area (Å²) in [5.41, 5.74) is 2.90. The Morgan fingerprint density at radius 3 is 2.64 bits per heavy atom. The first kappa shape index (κ1) is 9.94. The van der Waals surface area contributed by atoms with Crippen molar-refractivity contribution < 1.29 is 0 Å². The second-order valence-electron chi connectivity index (χ2n) is 3.63. The summed E-state index contributed by atoms with van der Waals surface area (Å²) >= 11 is 3.44. The van der Waals surface area contributed by atoms with E-state index in [2.05, 4.69) is 51.6 Å². The zero-order valence-electron chi connectivity index (χ0n) is 8.09. The molecule has 0 amide bonds. The van der Waals surface area contributed by atoms with Gasteiger partial charge in [-0.05, 0) is 37.1 Å². The summed E-state index contributed by atoms with van der Waals surface area (Å²) in [7, 11) is 0. The molecule has 1 aromatic carbocycles. The van der Waals surface area contributed by atoms with Gasteiger partial charge in [-0.25, -0.2) is 0 Å². The third-order valence-electron chi connectivity index (χ3n) is 2.45. The minimum atomic E-state index is 1.05. The number of benzene rings is 1. The fourth-order valence-corrected chi connectivity index (χ4v) is 1.96. The Kier molecular flexibility index (Phi) is 3.38. The maximum atomic E-state index is 3.44. The first-order valence-corrected chi connectivity index (χ1v) is 5.77. The van der Waals surface area contributed by atoms with E-state index in [0.29, 0.717) is 0 Å². The molecule has 0 atom stereocenters. The summed E-state index contributed by atoms with van der Waals surface area (Å²) in [4.78, 5) is 0. The van der Waals surface area contributed by atoms with Crippen molar-refractivity contribution in [2.75, 3.05) is 13.1 Å². The van der Waals surface area contributed by atoms with Crippen LogP contribution in [-0.2, 0) is 6.42 Å². The fourth-order valence-electron chi connectivity index (χ4n) is 1.70. The van der Waals surface area contributed by atoms with Crippen molar-refractivity contribution in [3.63, 3.8) is 0 Å². The SMILES string of the molecule is Brc1ccc(CC2=CCCNC2)cc1. The number of nitrogens with one attached hydrogen (secondary N) is 1. The smallest absolute Gasteiger partial charge is 0.0175 e. The van der Waals surface area contributed by atoms with Crippen LogP contribution in [0.2, 0.25) is 0 Å². The molecular formula is C12H14BrN. The molecule has 0 saturated carbocycles. The second kappa shape index (κ2) is 4.76. The van der Waals surface area contributed by atoms with Crippen LogP contribution in [0.25, 0.3) is 0 Å². The Morgan fingerprint density at radius 2 is 2.00 bits per heavy atom. The van der Waals surface area contributed by atoms with Crippen LogP contribution in [0.4, 0.5) is 0 Å². The lowest BCUT2D eigenvalue weighted by atomic mass is 10.0. The number of halogens is 1. The van der Waals surface area contributed by atoms with Crippen LogP contribution < -0.4 is 5.32 Å². The summed E-state index contributed by atoms with van der Waals surface area (Å²) in [6.45, 7) is 2.18. The zero-order valence-corrected chi connectivity index (χ0v) is 9.68. The molecule has 74 valence electrons. The number of hydrogen-bond donors (Lipinski definition) is 1. The summed E-state index contributed by atoms with van der Waals surface area (Å²) in [6.07, 6.45) is 4.62. The average molecular weight is 252 g/mol. The van der Waals surface area contributed by atoms with E-state index in [4.69, 9.17) is 0 Å². The first-order valence-electron chi connectivity index (χ1n) is 4.98. The molecule has 0 unspecified atom stereocenters. The van der Waals surface area contributed by atoms with E-state index < -0.39 is 0 Å². The minimum Gasteiger partial charge on any atom is -0.313 e. The van der Waals surface area contributed by atoms with Crippen LogP contribution >= 0.6 is 15.9 Å². The van der Waals surface area contributed by atoms with Gasteiger partial charge in [-0.3, -0.25) is 0 Å². The number of rotatable bonds is 2. The Labute approximate surface area is 93.3 Å². The van der Waals surface area contributed by atoms with Crippen molar-refractivity contribution in [3.05, 3.63) is 46.0 Å². The molecule has 0 saturated heterocycles. The van der Waals surface area contributed by atoms with Gasteiger partial charge in [0.15, 0.2) is 0 Å². The van der Waals surface area contributed by atoms with Crippen LogP contribution in [0, 0.1) is 0 Å². The predicted molar refractivity (Wildman–Crippen MR) is 63.4 cm³/mol. The molecule has 1 nitrogen and oxygen atoms in total. The van der Waals surface area contributed by atoms with E-state index in [-0.39, 0.29) is 0 Å². The third-order valence-corrected chi connectivity index (χ3v) is 2.98. The van der Waals surface area contributed by atoms with Gasteiger partial charge >= 0.3 is 0 Å². The second-order valence-corrected chi connectivity index (χ2v) is 4.55. The Hall–Kier alpha value is -0.600. The van der Waals surface area contributed by atoms with Gasteiger partial charge in [-0.2, -0.15) is 0 Å². The quantitative estimate of drug-likeness (QED) is 0.798. The molecule has 0 bridgehead atoms. The van der Waals surface area contributed by atoms with E-state index >= 15 is 0 Å². The lowest BCUT2D eigenvalue weighted by Crippen LogP contribution is -2.23. The lowest BCUT2D eigenvalue weighted by Gasteiger charge is -2.14. The van der Waals surface area contributed by atoms with Crippen molar-refractivity contribution in [1.82, 2.24) is 5.32 Å². The minimum absolute atomic E-state index is 1.05. The molecule has 1 aromatic rings. The molecule has 0 aromatic heterocycles. The van der Waals surface area contributed by atoms with Gasteiger partial charge in [-0.15, -0.1) is 0 Å². The van der Waals surface area contributed by atoms with Gasteiger partial charge in [0.25, 0.3) is 0 Å². The zero-order chi connectivity index (χ0) is 9.80. The van der Waals surface area contributed by atoms with Crippen LogP contribution in [0.1, 0.15) is 12.0 Å². The Bertz CT molecular complexity index is 327. The van der Waals surface area contributed by atoms with Crippen LogP contribution in [0.15, 0.2) is 40.4 Å². The van der Waals surface area contributed by atoms with Crippen LogP contribution in [0.5, 0.6) is 0 Å². The molecule has 2 heteroatoms. The summed E-state index contributed by atoms with van der Waals surface area (Å²) in [5.74, 6) is 0. The summed E-state index contributed by atoms with van der Waals surface area (Å²) in [5, 5.41) is 3.39. The molecule has 1 heterocycles. The highest BCUT2D eigenvalue weighted by Gasteiger charge is 2.03. The predicted octanol–water partition coefficient (Wildman–Crippen LogP) is 2.91. The van der Waals surface area contributed by atoms with Crippen molar-refractivity contribution in [2.45, 2.75) is 12.8 Å².